The van der Waals surface area contributed by atoms with E-state index in [9.17, 15) is 0 Å². The van der Waals surface area contributed by atoms with Gasteiger partial charge in [-0.2, -0.15) is 0 Å². The second kappa shape index (κ2) is 6.90. The van der Waals surface area contributed by atoms with E-state index in [-0.39, 0.29) is 0 Å². The number of nitrogens with zero attached hydrogens (tertiary/aromatic N) is 7. The van der Waals surface area contributed by atoms with Gasteiger partial charge in [-0.05, 0) is 31.0 Å². The molecule has 7 nitrogen and oxygen atoms in total. The van der Waals surface area contributed by atoms with Gasteiger partial charge >= 0.3 is 0 Å². The van der Waals surface area contributed by atoms with Crippen molar-refractivity contribution >= 4 is 11.8 Å². The maximum atomic E-state index is 4.72. The van der Waals surface area contributed by atoms with Crippen LogP contribution in [0, 0.1) is 0 Å². The molecule has 5 rings (SSSR count). The summed E-state index contributed by atoms with van der Waals surface area (Å²) in [5, 5.41) is 0. The molecule has 3 aromatic rings. The Balaban J connectivity index is 1.29. The van der Waals surface area contributed by atoms with E-state index in [2.05, 4.69) is 35.8 Å². The van der Waals surface area contributed by atoms with E-state index in [0.717, 1.165) is 49.3 Å². The maximum absolute atomic E-state index is 4.72. The average Bonchev–Trinajstić information content (AvgIpc) is 3.60. The van der Waals surface area contributed by atoms with Gasteiger partial charge < -0.3 is 9.80 Å². The Kier molecular flexibility index (Phi) is 4.12. The first-order valence-corrected chi connectivity index (χ1v) is 9.43. The van der Waals surface area contributed by atoms with Crippen LogP contribution in [0.5, 0.6) is 0 Å². The van der Waals surface area contributed by atoms with E-state index >= 15 is 0 Å². The van der Waals surface area contributed by atoms with Crippen LogP contribution < -0.4 is 9.80 Å². The zero-order valence-corrected chi connectivity index (χ0v) is 15.1. The second-order valence-corrected chi connectivity index (χ2v) is 7.01. The smallest absolute Gasteiger partial charge is 0.226 e. The molecule has 1 aliphatic heterocycles. The summed E-state index contributed by atoms with van der Waals surface area (Å²) in [6, 6.07) is 9.91. The summed E-state index contributed by atoms with van der Waals surface area (Å²) in [7, 11) is 0. The lowest BCUT2D eigenvalue weighted by Gasteiger charge is -2.35. The highest BCUT2D eigenvalue weighted by Gasteiger charge is 2.26. The van der Waals surface area contributed by atoms with E-state index in [1.54, 1.807) is 12.5 Å². The minimum absolute atomic E-state index is 0.649. The van der Waals surface area contributed by atoms with Crippen molar-refractivity contribution in [2.24, 2.45) is 0 Å². The lowest BCUT2D eigenvalue weighted by molar-refractivity contribution is 0.633. The molecule has 1 aliphatic carbocycles. The lowest BCUT2D eigenvalue weighted by Crippen LogP contribution is -2.47. The van der Waals surface area contributed by atoms with Crippen LogP contribution >= 0.6 is 0 Å². The van der Waals surface area contributed by atoms with Gasteiger partial charge in [0.1, 0.15) is 12.1 Å². The van der Waals surface area contributed by atoms with Crippen LogP contribution in [0.1, 0.15) is 24.5 Å². The summed E-state index contributed by atoms with van der Waals surface area (Å²) in [6.45, 7) is 3.54. The van der Waals surface area contributed by atoms with Crippen molar-refractivity contribution in [2.45, 2.75) is 18.8 Å². The molecule has 0 bridgehead atoms. The molecular weight excluding hydrogens is 338 g/mol. The van der Waals surface area contributed by atoms with Gasteiger partial charge in [0.05, 0.1) is 11.4 Å². The number of piperazine rings is 1. The zero-order valence-electron chi connectivity index (χ0n) is 15.1. The Labute approximate surface area is 158 Å². The molecule has 0 radical (unpaired) electrons. The van der Waals surface area contributed by atoms with Crippen molar-refractivity contribution in [1.82, 2.24) is 24.9 Å². The molecule has 1 saturated heterocycles. The summed E-state index contributed by atoms with van der Waals surface area (Å²) in [5.41, 5.74) is 2.91. The third-order valence-corrected chi connectivity index (χ3v) is 5.13. The fourth-order valence-electron chi connectivity index (χ4n) is 3.43. The number of pyridine rings is 1. The molecule has 2 aliphatic rings. The van der Waals surface area contributed by atoms with E-state index in [1.807, 2.05) is 30.5 Å². The summed E-state index contributed by atoms with van der Waals surface area (Å²) in [6.07, 6.45) is 7.82. The zero-order chi connectivity index (χ0) is 18.1. The fraction of sp³-hybridized carbons (Fsp3) is 0.350. The molecule has 2 fully saturated rings. The summed E-state index contributed by atoms with van der Waals surface area (Å²) in [4.78, 5) is 27.0. The topological polar surface area (TPSA) is 70.9 Å². The lowest BCUT2D eigenvalue weighted by atomic mass is 10.2. The van der Waals surface area contributed by atoms with Gasteiger partial charge in [0.15, 0.2) is 0 Å². The van der Waals surface area contributed by atoms with E-state index in [1.165, 1.54) is 18.5 Å². The van der Waals surface area contributed by atoms with Crippen LogP contribution in [0.2, 0.25) is 0 Å². The minimum Gasteiger partial charge on any atom is -0.353 e. The minimum atomic E-state index is 0.649. The van der Waals surface area contributed by atoms with Crippen LogP contribution in [0.15, 0.2) is 49.1 Å². The highest BCUT2D eigenvalue weighted by molar-refractivity contribution is 5.55. The van der Waals surface area contributed by atoms with Crippen LogP contribution in [-0.4, -0.2) is 51.1 Å². The normalized spacial score (nSPS) is 17.2. The number of aromatic nitrogens is 5. The average molecular weight is 359 g/mol. The standard InChI is InChI=1S/C20H21N7/c1-2-7-21-16(3-1)17-6-8-22-20(25-17)27-11-9-26(10-12-27)19-13-18(15-4-5-15)23-14-24-19/h1-3,6-8,13-15H,4-5,9-12H2. The molecular formula is C20H21N7. The number of hydrogen-bond acceptors (Lipinski definition) is 7. The van der Waals surface area contributed by atoms with Crippen molar-refractivity contribution in [3.05, 3.63) is 54.7 Å². The van der Waals surface area contributed by atoms with Crippen molar-refractivity contribution in [1.29, 1.82) is 0 Å². The first-order chi connectivity index (χ1) is 13.4. The van der Waals surface area contributed by atoms with Crippen LogP contribution in [0.25, 0.3) is 11.4 Å². The highest BCUT2D eigenvalue weighted by Crippen LogP contribution is 2.39. The number of rotatable bonds is 4. The molecule has 136 valence electrons. The molecule has 27 heavy (non-hydrogen) atoms. The molecule has 0 N–H and O–H groups in total. The van der Waals surface area contributed by atoms with Crippen LogP contribution in [-0.2, 0) is 0 Å². The van der Waals surface area contributed by atoms with Crippen LogP contribution in [0.3, 0.4) is 0 Å². The van der Waals surface area contributed by atoms with Crippen molar-refractivity contribution in [3.63, 3.8) is 0 Å². The SMILES string of the molecule is c1ccc(-c2ccnc(N3CCN(c4cc(C5CC5)ncn4)CC3)n2)nc1. The van der Waals surface area contributed by atoms with E-state index < -0.39 is 0 Å². The summed E-state index contributed by atoms with van der Waals surface area (Å²) < 4.78 is 0. The molecule has 0 amide bonds. The first-order valence-electron chi connectivity index (χ1n) is 9.43. The van der Waals surface area contributed by atoms with Gasteiger partial charge in [-0.1, -0.05) is 6.07 Å². The van der Waals surface area contributed by atoms with Gasteiger partial charge in [-0.15, -0.1) is 0 Å². The second-order valence-electron chi connectivity index (χ2n) is 7.01. The summed E-state index contributed by atoms with van der Waals surface area (Å²) in [5.74, 6) is 2.45. The van der Waals surface area contributed by atoms with Crippen LogP contribution in [0.4, 0.5) is 11.8 Å². The van der Waals surface area contributed by atoms with Crippen molar-refractivity contribution in [3.8, 4) is 11.4 Å². The highest BCUT2D eigenvalue weighted by atomic mass is 15.3. The predicted octanol–water partition coefficient (Wildman–Crippen LogP) is 2.53. The molecule has 4 heterocycles. The largest absolute Gasteiger partial charge is 0.353 e. The molecule has 3 aromatic heterocycles. The van der Waals surface area contributed by atoms with E-state index in [0.29, 0.717) is 5.92 Å². The fourth-order valence-corrected chi connectivity index (χ4v) is 3.43. The molecule has 0 unspecified atom stereocenters. The third kappa shape index (κ3) is 3.45. The number of hydrogen-bond donors (Lipinski definition) is 0. The quantitative estimate of drug-likeness (QED) is 0.709. The Bertz CT molecular complexity index is 918. The Hall–Kier alpha value is -3.09. The van der Waals surface area contributed by atoms with Gasteiger partial charge in [0.2, 0.25) is 5.95 Å². The molecule has 7 heteroatoms. The molecule has 0 spiro atoms. The summed E-state index contributed by atoms with van der Waals surface area (Å²) >= 11 is 0. The monoisotopic (exact) mass is 359 g/mol. The molecule has 1 saturated carbocycles. The third-order valence-electron chi connectivity index (χ3n) is 5.13. The maximum Gasteiger partial charge on any atom is 0.226 e. The van der Waals surface area contributed by atoms with Crippen molar-refractivity contribution < 1.29 is 0 Å². The predicted molar refractivity (Wildman–Crippen MR) is 104 cm³/mol. The molecule has 0 atom stereocenters. The Morgan fingerprint density at radius 2 is 1.63 bits per heavy atom. The van der Waals surface area contributed by atoms with Gasteiger partial charge in [0, 0.05) is 56.3 Å². The van der Waals surface area contributed by atoms with Crippen molar-refractivity contribution in [2.75, 3.05) is 36.0 Å². The van der Waals surface area contributed by atoms with Gasteiger partial charge in [-0.3, -0.25) is 4.98 Å². The first kappa shape index (κ1) is 16.1. The Morgan fingerprint density at radius 3 is 2.41 bits per heavy atom. The molecule has 0 aromatic carbocycles. The Morgan fingerprint density at radius 1 is 0.778 bits per heavy atom. The van der Waals surface area contributed by atoms with E-state index in [4.69, 9.17) is 4.98 Å². The van der Waals surface area contributed by atoms with Gasteiger partial charge in [0.25, 0.3) is 0 Å². The number of anilines is 2. The van der Waals surface area contributed by atoms with Gasteiger partial charge in [-0.25, -0.2) is 19.9 Å².